The second-order valence-electron chi connectivity index (χ2n) is 6.33. The second-order valence-corrected chi connectivity index (χ2v) is 6.33. The lowest BCUT2D eigenvalue weighted by Crippen LogP contribution is -2.42. The number of carbonyl (C=O) groups is 1. The Morgan fingerprint density at radius 2 is 2.04 bits per heavy atom. The quantitative estimate of drug-likeness (QED) is 0.936. The number of hydrogen-bond acceptors (Lipinski definition) is 5. The molecule has 3 rings (SSSR count). The van der Waals surface area contributed by atoms with Crippen LogP contribution in [0.4, 0.5) is 10.6 Å². The van der Waals surface area contributed by atoms with E-state index >= 15 is 0 Å². The predicted molar refractivity (Wildman–Crippen MR) is 92.4 cm³/mol. The highest BCUT2D eigenvalue weighted by Crippen LogP contribution is 2.21. The van der Waals surface area contributed by atoms with Gasteiger partial charge in [0.05, 0.1) is 12.3 Å². The van der Waals surface area contributed by atoms with Gasteiger partial charge in [0.1, 0.15) is 5.82 Å². The summed E-state index contributed by atoms with van der Waals surface area (Å²) in [7, 11) is 0. The molecular formula is C17H25N5O2. The largest absolute Gasteiger partial charge is 0.450 e. The number of amides is 1. The van der Waals surface area contributed by atoms with Crippen molar-refractivity contribution in [2.75, 3.05) is 25.0 Å². The van der Waals surface area contributed by atoms with E-state index in [1.807, 2.05) is 38.3 Å². The van der Waals surface area contributed by atoms with Crippen LogP contribution in [0.25, 0.3) is 5.65 Å². The maximum Gasteiger partial charge on any atom is 0.409 e. The van der Waals surface area contributed by atoms with E-state index < -0.39 is 0 Å². The van der Waals surface area contributed by atoms with Crippen LogP contribution in [0.3, 0.4) is 0 Å². The van der Waals surface area contributed by atoms with Crippen LogP contribution in [-0.4, -0.2) is 51.3 Å². The molecule has 3 heterocycles. The number of hydrogen-bond donors (Lipinski definition) is 1. The molecule has 2 aromatic rings. The minimum absolute atomic E-state index is 0.212. The third-order valence-corrected chi connectivity index (χ3v) is 4.56. The molecule has 7 heteroatoms. The van der Waals surface area contributed by atoms with E-state index in [9.17, 15) is 4.79 Å². The Morgan fingerprint density at radius 1 is 1.33 bits per heavy atom. The molecule has 0 unspecified atom stereocenters. The summed E-state index contributed by atoms with van der Waals surface area (Å²) in [5.74, 6) is 0.961. The van der Waals surface area contributed by atoms with Gasteiger partial charge in [0.15, 0.2) is 5.65 Å². The summed E-state index contributed by atoms with van der Waals surface area (Å²) < 4.78 is 6.95. The van der Waals surface area contributed by atoms with Crippen LogP contribution in [0, 0.1) is 20.8 Å². The summed E-state index contributed by atoms with van der Waals surface area (Å²) in [5, 5.41) is 8.17. The third kappa shape index (κ3) is 3.16. The number of anilines is 1. The van der Waals surface area contributed by atoms with E-state index in [2.05, 4.69) is 15.4 Å². The number of piperidine rings is 1. The summed E-state index contributed by atoms with van der Waals surface area (Å²) >= 11 is 0. The molecule has 0 bridgehead atoms. The van der Waals surface area contributed by atoms with Crippen molar-refractivity contribution in [1.82, 2.24) is 19.5 Å². The van der Waals surface area contributed by atoms with Crippen LogP contribution in [0.5, 0.6) is 0 Å². The first-order chi connectivity index (χ1) is 11.5. The molecule has 0 saturated carbocycles. The number of ether oxygens (including phenoxy) is 1. The van der Waals surface area contributed by atoms with Crippen molar-refractivity contribution in [3.63, 3.8) is 0 Å². The number of fused-ring (bicyclic) bond motifs is 1. The fourth-order valence-corrected chi connectivity index (χ4v) is 3.08. The molecule has 1 aliphatic heterocycles. The molecule has 24 heavy (non-hydrogen) atoms. The Balaban J connectivity index is 1.73. The summed E-state index contributed by atoms with van der Waals surface area (Å²) in [6.07, 6.45) is 1.57. The monoisotopic (exact) mass is 331 g/mol. The summed E-state index contributed by atoms with van der Waals surface area (Å²) in [4.78, 5) is 18.2. The topological polar surface area (TPSA) is 71.8 Å². The van der Waals surface area contributed by atoms with Gasteiger partial charge in [-0.05, 0) is 40.5 Å². The van der Waals surface area contributed by atoms with Gasteiger partial charge in [0.2, 0.25) is 0 Å². The van der Waals surface area contributed by atoms with E-state index in [4.69, 9.17) is 4.74 Å². The van der Waals surface area contributed by atoms with Crippen LogP contribution in [0.1, 0.15) is 36.7 Å². The highest BCUT2D eigenvalue weighted by atomic mass is 16.6. The first-order valence-corrected chi connectivity index (χ1v) is 8.51. The van der Waals surface area contributed by atoms with E-state index in [1.165, 1.54) is 0 Å². The molecule has 1 aliphatic rings. The van der Waals surface area contributed by atoms with Crippen LogP contribution in [0.2, 0.25) is 0 Å². The van der Waals surface area contributed by atoms with Crippen molar-refractivity contribution < 1.29 is 9.53 Å². The lowest BCUT2D eigenvalue weighted by atomic mass is 10.1. The number of aryl methyl sites for hydroxylation is 3. The van der Waals surface area contributed by atoms with Crippen molar-refractivity contribution in [3.8, 4) is 0 Å². The summed E-state index contributed by atoms with van der Waals surface area (Å²) in [6.45, 7) is 9.71. The first kappa shape index (κ1) is 16.5. The van der Waals surface area contributed by atoms with Gasteiger partial charge in [-0.15, -0.1) is 0 Å². The number of carbonyl (C=O) groups excluding carboxylic acids is 1. The predicted octanol–water partition coefficient (Wildman–Crippen LogP) is 2.69. The number of nitrogens with one attached hydrogen (secondary N) is 1. The second kappa shape index (κ2) is 6.67. The molecule has 1 saturated heterocycles. The van der Waals surface area contributed by atoms with E-state index in [1.54, 1.807) is 4.90 Å². The Hall–Kier alpha value is -2.31. The van der Waals surface area contributed by atoms with Crippen molar-refractivity contribution in [1.29, 1.82) is 0 Å². The van der Waals surface area contributed by atoms with Gasteiger partial charge in [-0.1, -0.05) is 0 Å². The average molecular weight is 331 g/mol. The van der Waals surface area contributed by atoms with Gasteiger partial charge in [0.25, 0.3) is 0 Å². The van der Waals surface area contributed by atoms with Gasteiger partial charge < -0.3 is 15.0 Å². The summed E-state index contributed by atoms with van der Waals surface area (Å²) in [5.41, 5.74) is 3.98. The molecule has 1 fully saturated rings. The maximum atomic E-state index is 11.8. The third-order valence-electron chi connectivity index (χ3n) is 4.56. The minimum Gasteiger partial charge on any atom is -0.450 e. The number of nitrogens with zero attached hydrogens (tertiary/aromatic N) is 4. The van der Waals surface area contributed by atoms with E-state index in [0.29, 0.717) is 25.7 Å². The Morgan fingerprint density at radius 3 is 2.71 bits per heavy atom. The normalized spacial score (nSPS) is 15.8. The molecule has 1 N–H and O–H groups in total. The molecule has 0 atom stereocenters. The minimum atomic E-state index is -0.212. The zero-order valence-corrected chi connectivity index (χ0v) is 14.8. The standard InChI is InChI=1S/C17H25N5O2/c1-5-24-17(23)21-8-6-14(7-9-21)19-15-10-11(2)18-16-12(3)13(4)20-22(15)16/h10,14,19H,5-9H2,1-4H3. The van der Waals surface area contributed by atoms with Gasteiger partial charge in [-0.3, -0.25) is 0 Å². The summed E-state index contributed by atoms with van der Waals surface area (Å²) in [6, 6.07) is 2.34. The Bertz CT molecular complexity index is 747. The number of rotatable bonds is 3. The van der Waals surface area contributed by atoms with Crippen LogP contribution in [0.15, 0.2) is 6.07 Å². The molecule has 0 aromatic carbocycles. The average Bonchev–Trinajstić information content (AvgIpc) is 2.84. The van der Waals surface area contributed by atoms with E-state index in [-0.39, 0.29) is 6.09 Å². The molecule has 7 nitrogen and oxygen atoms in total. The number of aromatic nitrogens is 3. The van der Waals surface area contributed by atoms with Gasteiger partial charge in [0, 0.05) is 36.5 Å². The lowest BCUT2D eigenvalue weighted by molar-refractivity contribution is 0.0983. The van der Waals surface area contributed by atoms with Crippen LogP contribution < -0.4 is 5.32 Å². The van der Waals surface area contributed by atoms with Gasteiger partial charge >= 0.3 is 6.09 Å². The maximum absolute atomic E-state index is 11.8. The molecule has 2 aromatic heterocycles. The molecule has 0 radical (unpaired) electrons. The molecular weight excluding hydrogens is 306 g/mol. The van der Waals surface area contributed by atoms with Crippen LogP contribution >= 0.6 is 0 Å². The molecule has 1 amide bonds. The molecule has 0 aliphatic carbocycles. The van der Waals surface area contributed by atoms with Crippen molar-refractivity contribution in [3.05, 3.63) is 23.0 Å². The smallest absolute Gasteiger partial charge is 0.409 e. The Kier molecular flexibility index (Phi) is 4.59. The van der Waals surface area contributed by atoms with Crippen molar-refractivity contribution in [2.24, 2.45) is 0 Å². The molecule has 130 valence electrons. The first-order valence-electron chi connectivity index (χ1n) is 8.51. The van der Waals surface area contributed by atoms with E-state index in [0.717, 1.165) is 41.3 Å². The number of likely N-dealkylation sites (tertiary alicyclic amines) is 1. The lowest BCUT2D eigenvalue weighted by Gasteiger charge is -2.32. The van der Waals surface area contributed by atoms with Gasteiger partial charge in [-0.2, -0.15) is 9.61 Å². The van der Waals surface area contributed by atoms with Gasteiger partial charge in [-0.25, -0.2) is 9.78 Å². The fourth-order valence-electron chi connectivity index (χ4n) is 3.08. The molecule has 0 spiro atoms. The van der Waals surface area contributed by atoms with Crippen molar-refractivity contribution in [2.45, 2.75) is 46.6 Å². The highest BCUT2D eigenvalue weighted by molar-refractivity contribution is 5.67. The zero-order chi connectivity index (χ0) is 17.3. The SMILES string of the molecule is CCOC(=O)N1CCC(Nc2cc(C)nc3c(C)c(C)nn23)CC1. The zero-order valence-electron chi connectivity index (χ0n) is 14.8. The van der Waals surface area contributed by atoms with Crippen molar-refractivity contribution >= 4 is 17.6 Å². The highest BCUT2D eigenvalue weighted by Gasteiger charge is 2.24. The fraction of sp³-hybridized carbons (Fsp3) is 0.588. The Labute approximate surface area is 142 Å². The van der Waals surface area contributed by atoms with Crippen LogP contribution in [-0.2, 0) is 4.74 Å².